The van der Waals surface area contributed by atoms with Crippen molar-refractivity contribution in [1.29, 1.82) is 0 Å². The highest BCUT2D eigenvalue weighted by atomic mass is 16.6. The number of benzene rings is 3. The maximum absolute atomic E-state index is 13.0. The zero-order chi connectivity index (χ0) is 23.1. The monoisotopic (exact) mass is 430 g/mol. The van der Waals surface area contributed by atoms with Gasteiger partial charge in [0.15, 0.2) is 11.5 Å². The average Bonchev–Trinajstić information content (AvgIpc) is 2.81. The van der Waals surface area contributed by atoms with Crippen LogP contribution < -0.4 is 9.47 Å². The Kier molecular flexibility index (Phi) is 7.82. The molecule has 0 unspecified atom stereocenters. The lowest BCUT2D eigenvalue weighted by atomic mass is 9.91. The van der Waals surface area contributed by atoms with E-state index in [0.717, 1.165) is 36.0 Å². The third-order valence-corrected chi connectivity index (χ3v) is 5.37. The Morgan fingerprint density at radius 3 is 1.78 bits per heavy atom. The first-order valence-electron chi connectivity index (χ1n) is 11.1. The third kappa shape index (κ3) is 5.44. The van der Waals surface area contributed by atoms with Crippen LogP contribution in [0.25, 0.3) is 0 Å². The second-order valence-electron chi connectivity index (χ2n) is 8.19. The Morgan fingerprint density at radius 2 is 1.31 bits per heavy atom. The number of ether oxygens (including phenoxy) is 2. The molecule has 3 rings (SSSR count). The molecule has 0 fully saturated rings. The van der Waals surface area contributed by atoms with Gasteiger partial charge < -0.3 is 9.47 Å². The van der Waals surface area contributed by atoms with E-state index in [1.807, 2.05) is 25.1 Å². The lowest BCUT2D eigenvalue weighted by Gasteiger charge is -2.22. The minimum Gasteiger partial charge on any atom is -0.419 e. The Bertz CT molecular complexity index is 1070. The average molecular weight is 431 g/mol. The molecule has 0 heterocycles. The van der Waals surface area contributed by atoms with Crippen LogP contribution in [0.15, 0.2) is 66.7 Å². The van der Waals surface area contributed by atoms with Gasteiger partial charge >= 0.3 is 11.9 Å². The van der Waals surface area contributed by atoms with Crippen LogP contribution in [0.1, 0.15) is 76.9 Å². The summed E-state index contributed by atoms with van der Waals surface area (Å²) in [6.07, 6.45) is 2.67. The SMILES string of the molecule is CCCCc1c(C(C)C)cc(C)c(OC(=O)c2ccccc2)c1OC(=O)c1ccccc1. The van der Waals surface area contributed by atoms with Crippen molar-refractivity contribution in [3.63, 3.8) is 0 Å². The molecule has 32 heavy (non-hydrogen) atoms. The number of aryl methyl sites for hydroxylation is 1. The lowest BCUT2D eigenvalue weighted by Crippen LogP contribution is -2.16. The lowest BCUT2D eigenvalue weighted by molar-refractivity contribution is 0.0679. The van der Waals surface area contributed by atoms with Crippen molar-refractivity contribution in [3.8, 4) is 11.5 Å². The minimum absolute atomic E-state index is 0.230. The van der Waals surface area contributed by atoms with Gasteiger partial charge in [0.1, 0.15) is 0 Å². The molecule has 3 aromatic rings. The van der Waals surface area contributed by atoms with Crippen molar-refractivity contribution < 1.29 is 19.1 Å². The molecular formula is C28H30O4. The van der Waals surface area contributed by atoms with E-state index < -0.39 is 11.9 Å². The topological polar surface area (TPSA) is 52.6 Å². The van der Waals surface area contributed by atoms with Gasteiger partial charge in [-0.05, 0) is 61.1 Å². The molecule has 166 valence electrons. The number of carbonyl (C=O) groups excluding carboxylic acids is 2. The Hall–Kier alpha value is -3.40. The molecule has 3 aromatic carbocycles. The van der Waals surface area contributed by atoms with E-state index in [-0.39, 0.29) is 5.92 Å². The highest BCUT2D eigenvalue weighted by Gasteiger charge is 2.25. The number of hydrogen-bond acceptors (Lipinski definition) is 4. The van der Waals surface area contributed by atoms with E-state index in [1.54, 1.807) is 48.5 Å². The second-order valence-corrected chi connectivity index (χ2v) is 8.19. The highest BCUT2D eigenvalue weighted by Crippen LogP contribution is 2.41. The predicted molar refractivity (Wildman–Crippen MR) is 127 cm³/mol. The zero-order valence-corrected chi connectivity index (χ0v) is 19.2. The van der Waals surface area contributed by atoms with Crippen molar-refractivity contribution >= 4 is 11.9 Å². The van der Waals surface area contributed by atoms with Gasteiger partial charge in [-0.1, -0.05) is 69.7 Å². The van der Waals surface area contributed by atoms with Gasteiger partial charge in [0, 0.05) is 5.56 Å². The molecule has 0 aromatic heterocycles. The first-order chi connectivity index (χ1) is 15.4. The van der Waals surface area contributed by atoms with E-state index in [4.69, 9.17) is 9.47 Å². The summed E-state index contributed by atoms with van der Waals surface area (Å²) in [5.41, 5.74) is 3.67. The van der Waals surface area contributed by atoms with E-state index in [9.17, 15) is 9.59 Å². The highest BCUT2D eigenvalue weighted by molar-refractivity contribution is 5.93. The van der Waals surface area contributed by atoms with Gasteiger partial charge in [0.05, 0.1) is 11.1 Å². The van der Waals surface area contributed by atoms with Crippen molar-refractivity contribution in [2.45, 2.75) is 52.9 Å². The Labute approximate surface area is 190 Å². The smallest absolute Gasteiger partial charge is 0.343 e. The van der Waals surface area contributed by atoms with Gasteiger partial charge in [-0.2, -0.15) is 0 Å². The molecule has 4 heteroatoms. The maximum atomic E-state index is 13.0. The number of carbonyl (C=O) groups is 2. The van der Waals surface area contributed by atoms with Gasteiger partial charge in [-0.15, -0.1) is 0 Å². The summed E-state index contributed by atoms with van der Waals surface area (Å²) < 4.78 is 11.8. The molecule has 0 aliphatic rings. The molecule has 0 aliphatic heterocycles. The normalized spacial score (nSPS) is 10.8. The quantitative estimate of drug-likeness (QED) is 0.288. The van der Waals surface area contributed by atoms with E-state index >= 15 is 0 Å². The summed E-state index contributed by atoms with van der Waals surface area (Å²) in [6.45, 7) is 8.23. The van der Waals surface area contributed by atoms with Gasteiger partial charge in [-0.25, -0.2) is 9.59 Å². The molecule has 0 bridgehead atoms. The zero-order valence-electron chi connectivity index (χ0n) is 19.2. The van der Waals surface area contributed by atoms with Crippen LogP contribution in [0.5, 0.6) is 11.5 Å². The van der Waals surface area contributed by atoms with Crippen LogP contribution in [0.3, 0.4) is 0 Å². The van der Waals surface area contributed by atoms with Gasteiger partial charge in [-0.3, -0.25) is 0 Å². The molecule has 0 radical (unpaired) electrons. The summed E-state index contributed by atoms with van der Waals surface area (Å²) in [7, 11) is 0. The summed E-state index contributed by atoms with van der Waals surface area (Å²) >= 11 is 0. The summed E-state index contributed by atoms with van der Waals surface area (Å²) in [6, 6.07) is 19.7. The third-order valence-electron chi connectivity index (χ3n) is 5.37. The van der Waals surface area contributed by atoms with Crippen LogP contribution in [-0.4, -0.2) is 11.9 Å². The van der Waals surface area contributed by atoms with Crippen LogP contribution in [0.4, 0.5) is 0 Å². The van der Waals surface area contributed by atoms with Crippen LogP contribution in [0.2, 0.25) is 0 Å². The number of hydrogen-bond donors (Lipinski definition) is 0. The molecular weight excluding hydrogens is 400 g/mol. The molecule has 0 saturated carbocycles. The number of unbranched alkanes of at least 4 members (excludes halogenated alkanes) is 1. The first kappa shape index (κ1) is 23.3. The van der Waals surface area contributed by atoms with Crippen molar-refractivity contribution in [1.82, 2.24) is 0 Å². The molecule has 0 aliphatic carbocycles. The molecule has 0 saturated heterocycles. The summed E-state index contributed by atoms with van der Waals surface area (Å²) in [5, 5.41) is 0. The van der Waals surface area contributed by atoms with Crippen LogP contribution in [0, 0.1) is 6.92 Å². The number of esters is 2. The van der Waals surface area contributed by atoms with Gasteiger partial charge in [0.2, 0.25) is 0 Å². The molecule has 0 N–H and O–H groups in total. The molecule has 0 spiro atoms. The van der Waals surface area contributed by atoms with Crippen LogP contribution in [-0.2, 0) is 6.42 Å². The molecule has 0 atom stereocenters. The summed E-state index contributed by atoms with van der Waals surface area (Å²) in [4.78, 5) is 25.8. The molecule has 0 amide bonds. The fourth-order valence-corrected chi connectivity index (χ4v) is 3.65. The standard InChI is InChI=1S/C28H30O4/c1-5-6-17-23-24(19(2)3)18-20(4)25(31-27(29)21-13-9-7-10-14-21)26(23)32-28(30)22-15-11-8-12-16-22/h7-16,18-19H,5-6,17H2,1-4H3. The fourth-order valence-electron chi connectivity index (χ4n) is 3.65. The van der Waals surface area contributed by atoms with E-state index in [0.29, 0.717) is 22.6 Å². The minimum atomic E-state index is -0.482. The molecule has 4 nitrogen and oxygen atoms in total. The fraction of sp³-hybridized carbons (Fsp3) is 0.286. The predicted octanol–water partition coefficient (Wildman–Crippen LogP) is 6.90. The van der Waals surface area contributed by atoms with Crippen molar-refractivity contribution in [2.24, 2.45) is 0 Å². The van der Waals surface area contributed by atoms with Gasteiger partial charge in [0.25, 0.3) is 0 Å². The number of rotatable bonds is 8. The Morgan fingerprint density at radius 1 is 0.812 bits per heavy atom. The first-order valence-corrected chi connectivity index (χ1v) is 11.1. The van der Waals surface area contributed by atoms with E-state index in [1.165, 1.54) is 0 Å². The Balaban J connectivity index is 2.11. The van der Waals surface area contributed by atoms with Crippen LogP contribution >= 0.6 is 0 Å². The van der Waals surface area contributed by atoms with E-state index in [2.05, 4.69) is 20.8 Å². The van der Waals surface area contributed by atoms with Crippen molar-refractivity contribution in [3.05, 3.63) is 94.5 Å². The summed E-state index contributed by atoms with van der Waals surface area (Å²) in [5.74, 6) is -0.0716. The van der Waals surface area contributed by atoms with Crippen molar-refractivity contribution in [2.75, 3.05) is 0 Å². The second kappa shape index (κ2) is 10.8. The maximum Gasteiger partial charge on any atom is 0.343 e. The largest absolute Gasteiger partial charge is 0.419 e.